The predicted molar refractivity (Wildman–Crippen MR) is 114 cm³/mol. The maximum atomic E-state index is 11.6. The van der Waals surface area contributed by atoms with Crippen molar-refractivity contribution in [2.75, 3.05) is 66.5 Å². The molecule has 1 unspecified atom stereocenters. The number of carbonyl (C=O) groups is 1. The molecular formula is C17H35IN6O. The summed E-state index contributed by atoms with van der Waals surface area (Å²) in [6.07, 6.45) is 2.70. The van der Waals surface area contributed by atoms with Gasteiger partial charge in [-0.3, -0.25) is 14.7 Å². The highest BCUT2D eigenvalue weighted by Gasteiger charge is 2.22. The molecule has 2 aliphatic rings. The van der Waals surface area contributed by atoms with Crippen molar-refractivity contribution >= 4 is 35.8 Å². The minimum Gasteiger partial charge on any atom is -0.357 e. The van der Waals surface area contributed by atoms with E-state index in [4.69, 9.17) is 4.99 Å². The van der Waals surface area contributed by atoms with Gasteiger partial charge in [-0.2, -0.15) is 0 Å². The lowest BCUT2D eigenvalue weighted by atomic mass is 10.2. The Hall–Kier alpha value is -0.610. The van der Waals surface area contributed by atoms with E-state index in [0.29, 0.717) is 11.9 Å². The number of carbonyl (C=O) groups excluding carboxylic acids is 1. The zero-order valence-corrected chi connectivity index (χ0v) is 18.3. The SMILES string of the molecule is CCNC(=NCC1CN(C)CCN1C)NCCCN1CCCC1=O.I. The van der Waals surface area contributed by atoms with E-state index in [2.05, 4.69) is 41.5 Å². The molecule has 0 spiro atoms. The number of hydrogen-bond acceptors (Lipinski definition) is 4. The average molecular weight is 466 g/mol. The third-order valence-electron chi connectivity index (χ3n) is 4.85. The van der Waals surface area contributed by atoms with Crippen LogP contribution >= 0.6 is 24.0 Å². The summed E-state index contributed by atoms with van der Waals surface area (Å²) < 4.78 is 0. The molecule has 1 atom stereocenters. The molecule has 2 rings (SSSR count). The summed E-state index contributed by atoms with van der Waals surface area (Å²) in [5.41, 5.74) is 0. The Morgan fingerprint density at radius 2 is 2.04 bits per heavy atom. The smallest absolute Gasteiger partial charge is 0.222 e. The molecule has 0 saturated carbocycles. The first kappa shape index (κ1) is 22.4. The van der Waals surface area contributed by atoms with Crippen LogP contribution in [0.1, 0.15) is 26.2 Å². The first-order valence-electron chi connectivity index (χ1n) is 9.29. The van der Waals surface area contributed by atoms with Crippen molar-refractivity contribution in [1.29, 1.82) is 0 Å². The van der Waals surface area contributed by atoms with Crippen LogP contribution in [0.15, 0.2) is 4.99 Å². The van der Waals surface area contributed by atoms with Gasteiger partial charge in [0.2, 0.25) is 5.91 Å². The van der Waals surface area contributed by atoms with Gasteiger partial charge in [-0.05, 0) is 33.9 Å². The lowest BCUT2D eigenvalue weighted by Gasteiger charge is -2.36. The van der Waals surface area contributed by atoms with Crippen molar-refractivity contribution in [3.8, 4) is 0 Å². The van der Waals surface area contributed by atoms with Gasteiger partial charge in [0.1, 0.15) is 0 Å². The molecule has 2 aliphatic heterocycles. The van der Waals surface area contributed by atoms with Crippen molar-refractivity contribution in [2.24, 2.45) is 4.99 Å². The van der Waals surface area contributed by atoms with Gasteiger partial charge in [0.05, 0.1) is 6.54 Å². The molecule has 0 aliphatic carbocycles. The van der Waals surface area contributed by atoms with E-state index in [-0.39, 0.29) is 24.0 Å². The highest BCUT2D eigenvalue weighted by Crippen LogP contribution is 2.09. The second-order valence-corrected chi connectivity index (χ2v) is 6.88. The van der Waals surface area contributed by atoms with Crippen molar-refractivity contribution in [3.05, 3.63) is 0 Å². The molecule has 7 nitrogen and oxygen atoms in total. The molecule has 8 heteroatoms. The van der Waals surface area contributed by atoms with E-state index in [1.165, 1.54) is 0 Å². The highest BCUT2D eigenvalue weighted by molar-refractivity contribution is 14.0. The van der Waals surface area contributed by atoms with Crippen molar-refractivity contribution in [3.63, 3.8) is 0 Å². The predicted octanol–water partition coefficient (Wildman–Crippen LogP) is 0.418. The molecule has 0 radical (unpaired) electrons. The maximum Gasteiger partial charge on any atom is 0.222 e. The second-order valence-electron chi connectivity index (χ2n) is 6.88. The van der Waals surface area contributed by atoms with Crippen LogP contribution in [0.2, 0.25) is 0 Å². The molecule has 0 bridgehead atoms. The molecule has 146 valence electrons. The number of halogens is 1. The number of likely N-dealkylation sites (tertiary alicyclic amines) is 1. The number of nitrogens with one attached hydrogen (secondary N) is 2. The van der Waals surface area contributed by atoms with Crippen molar-refractivity contribution in [2.45, 2.75) is 32.2 Å². The van der Waals surface area contributed by atoms with Crippen LogP contribution in [-0.2, 0) is 4.79 Å². The molecule has 0 aromatic carbocycles. The van der Waals surface area contributed by atoms with Crippen LogP contribution in [-0.4, -0.2) is 99.1 Å². The molecular weight excluding hydrogens is 431 g/mol. The summed E-state index contributed by atoms with van der Waals surface area (Å²) in [5.74, 6) is 1.19. The molecule has 0 aromatic heterocycles. The van der Waals surface area contributed by atoms with Gasteiger partial charge in [0.25, 0.3) is 0 Å². The van der Waals surface area contributed by atoms with E-state index in [1.54, 1.807) is 0 Å². The highest BCUT2D eigenvalue weighted by atomic mass is 127. The summed E-state index contributed by atoms with van der Waals surface area (Å²) in [4.78, 5) is 23.1. The fourth-order valence-corrected chi connectivity index (χ4v) is 3.25. The zero-order valence-electron chi connectivity index (χ0n) is 16.0. The Kier molecular flexibility index (Phi) is 10.7. The minimum absolute atomic E-state index is 0. The fourth-order valence-electron chi connectivity index (χ4n) is 3.25. The van der Waals surface area contributed by atoms with E-state index < -0.39 is 0 Å². The van der Waals surface area contributed by atoms with Gasteiger partial charge >= 0.3 is 0 Å². The van der Waals surface area contributed by atoms with Crippen molar-refractivity contribution in [1.82, 2.24) is 25.3 Å². The van der Waals surface area contributed by atoms with Crippen LogP contribution in [0.3, 0.4) is 0 Å². The summed E-state index contributed by atoms with van der Waals surface area (Å²) in [5, 5.41) is 6.71. The van der Waals surface area contributed by atoms with Crippen LogP contribution in [0.25, 0.3) is 0 Å². The number of piperazine rings is 1. The Balaban J connectivity index is 0.00000312. The quantitative estimate of drug-likeness (QED) is 0.247. The topological polar surface area (TPSA) is 63.2 Å². The van der Waals surface area contributed by atoms with E-state index in [1.807, 2.05) is 4.90 Å². The van der Waals surface area contributed by atoms with E-state index >= 15 is 0 Å². The second kappa shape index (κ2) is 11.9. The number of hydrogen-bond donors (Lipinski definition) is 2. The van der Waals surface area contributed by atoms with Gasteiger partial charge in [-0.1, -0.05) is 0 Å². The van der Waals surface area contributed by atoms with Crippen LogP contribution in [0, 0.1) is 0 Å². The van der Waals surface area contributed by atoms with Crippen LogP contribution in [0.4, 0.5) is 0 Å². The van der Waals surface area contributed by atoms with Crippen molar-refractivity contribution < 1.29 is 4.79 Å². The lowest BCUT2D eigenvalue weighted by Crippen LogP contribution is -2.51. The molecule has 1 amide bonds. The third-order valence-corrected chi connectivity index (χ3v) is 4.85. The normalized spacial score (nSPS) is 22.8. The number of aliphatic imine (C=N–C) groups is 1. The first-order valence-corrected chi connectivity index (χ1v) is 9.29. The Bertz CT molecular complexity index is 433. The molecule has 2 N–H and O–H groups in total. The fraction of sp³-hybridized carbons (Fsp3) is 0.882. The summed E-state index contributed by atoms with van der Waals surface area (Å²) in [6.45, 7) is 9.66. The maximum absolute atomic E-state index is 11.6. The summed E-state index contributed by atoms with van der Waals surface area (Å²) in [7, 11) is 4.35. The molecule has 2 heterocycles. The van der Waals surface area contributed by atoms with Gasteiger partial charge < -0.3 is 20.4 Å². The molecule has 2 saturated heterocycles. The Morgan fingerprint density at radius 1 is 1.24 bits per heavy atom. The third kappa shape index (κ3) is 7.65. The Morgan fingerprint density at radius 3 is 2.72 bits per heavy atom. The minimum atomic E-state index is 0. The van der Waals surface area contributed by atoms with Gasteiger partial charge in [-0.25, -0.2) is 0 Å². The number of rotatable bonds is 7. The largest absolute Gasteiger partial charge is 0.357 e. The molecule has 25 heavy (non-hydrogen) atoms. The van der Waals surface area contributed by atoms with Crippen LogP contribution < -0.4 is 10.6 Å². The van der Waals surface area contributed by atoms with Gasteiger partial charge in [0, 0.05) is 58.3 Å². The number of guanidine groups is 1. The van der Waals surface area contributed by atoms with Gasteiger partial charge in [-0.15, -0.1) is 24.0 Å². The molecule has 2 fully saturated rings. The lowest BCUT2D eigenvalue weighted by molar-refractivity contribution is -0.127. The number of amides is 1. The summed E-state index contributed by atoms with van der Waals surface area (Å²) in [6, 6.07) is 0.474. The average Bonchev–Trinajstić information content (AvgIpc) is 2.97. The monoisotopic (exact) mass is 466 g/mol. The number of likely N-dealkylation sites (N-methyl/N-ethyl adjacent to an activating group) is 2. The standard InChI is InChI=1S/C17H34N6O.HI/c1-4-18-17(19-8-6-10-23-9-5-7-16(23)24)20-13-15-14-21(2)11-12-22(15)3;/h15H,4-14H2,1-3H3,(H2,18,19,20);1H. The number of nitrogens with zero attached hydrogens (tertiary/aromatic N) is 4. The van der Waals surface area contributed by atoms with Gasteiger partial charge in [0.15, 0.2) is 5.96 Å². The Labute approximate surface area is 169 Å². The molecule has 0 aromatic rings. The van der Waals surface area contributed by atoms with E-state index in [9.17, 15) is 4.79 Å². The van der Waals surface area contributed by atoms with E-state index in [0.717, 1.165) is 77.6 Å². The summed E-state index contributed by atoms with van der Waals surface area (Å²) >= 11 is 0. The van der Waals surface area contributed by atoms with Crippen LogP contribution in [0.5, 0.6) is 0 Å². The zero-order chi connectivity index (χ0) is 17.4. The first-order chi connectivity index (χ1) is 11.6.